The molecule has 0 rings (SSSR count). The second-order valence-corrected chi connectivity index (χ2v) is 4.87. The third-order valence-corrected chi connectivity index (χ3v) is 3.12. The number of hydrogen-bond acceptors (Lipinski definition) is 3. The number of hydrogen-bond donors (Lipinski definition) is 2. The van der Waals surface area contributed by atoms with Crippen molar-refractivity contribution in [3.05, 3.63) is 0 Å². The minimum absolute atomic E-state index is 0.111. The van der Waals surface area contributed by atoms with E-state index < -0.39 is 0 Å². The van der Waals surface area contributed by atoms with Gasteiger partial charge in [-0.2, -0.15) is 0 Å². The van der Waals surface area contributed by atoms with Crippen LogP contribution in [-0.4, -0.2) is 39.2 Å². The van der Waals surface area contributed by atoms with Crippen LogP contribution in [-0.2, 0) is 9.53 Å². The molecule has 5 nitrogen and oxygen atoms in total. The molecule has 0 unspecified atom stereocenters. The summed E-state index contributed by atoms with van der Waals surface area (Å²) in [6, 6.07) is 0. The van der Waals surface area contributed by atoms with Gasteiger partial charge < -0.3 is 15.4 Å². The molecular formula is C15H31N3O2. The van der Waals surface area contributed by atoms with Gasteiger partial charge in [-0.05, 0) is 19.3 Å². The number of carbonyl (C=O) groups excluding carboxylic acids is 1. The first-order valence-electron chi connectivity index (χ1n) is 7.76. The maximum absolute atomic E-state index is 10.9. The van der Waals surface area contributed by atoms with Crippen LogP contribution in [0.5, 0.6) is 0 Å². The Bertz CT molecular complexity index is 268. The molecule has 0 bridgehead atoms. The largest absolute Gasteiger partial charge is 0.469 e. The first-order chi connectivity index (χ1) is 9.74. The molecule has 0 aromatic rings. The van der Waals surface area contributed by atoms with Crippen molar-refractivity contribution >= 4 is 11.9 Å². The number of methoxy groups -OCH3 is 1. The number of rotatable bonds is 11. The van der Waals surface area contributed by atoms with Crippen LogP contribution < -0.4 is 10.6 Å². The number of ether oxygens (including phenoxy) is 1. The highest BCUT2D eigenvalue weighted by molar-refractivity contribution is 5.79. The Kier molecular flexibility index (Phi) is 13.3. The maximum Gasteiger partial charge on any atom is 0.305 e. The normalized spacial score (nSPS) is 11.2. The van der Waals surface area contributed by atoms with E-state index in [-0.39, 0.29) is 5.97 Å². The zero-order valence-corrected chi connectivity index (χ0v) is 13.3. The van der Waals surface area contributed by atoms with Crippen LogP contribution in [0.3, 0.4) is 0 Å². The molecule has 0 saturated heterocycles. The van der Waals surface area contributed by atoms with Crippen molar-refractivity contribution in [3.8, 4) is 0 Å². The topological polar surface area (TPSA) is 62.7 Å². The van der Waals surface area contributed by atoms with Gasteiger partial charge in [-0.1, -0.05) is 32.6 Å². The van der Waals surface area contributed by atoms with Crippen LogP contribution >= 0.6 is 0 Å². The minimum Gasteiger partial charge on any atom is -0.469 e. The van der Waals surface area contributed by atoms with Crippen molar-refractivity contribution in [2.75, 3.05) is 27.2 Å². The van der Waals surface area contributed by atoms with Crippen LogP contribution in [0.4, 0.5) is 0 Å². The molecule has 0 amide bonds. The predicted octanol–water partition coefficient (Wildman–Crippen LogP) is 2.47. The maximum atomic E-state index is 10.9. The number of unbranched alkanes of at least 4 members (excludes halogenated alkanes) is 5. The van der Waals surface area contributed by atoms with Gasteiger partial charge in [0.1, 0.15) is 0 Å². The summed E-state index contributed by atoms with van der Waals surface area (Å²) in [6.45, 7) is 4.10. The molecule has 118 valence electrons. The van der Waals surface area contributed by atoms with E-state index in [9.17, 15) is 4.79 Å². The average Bonchev–Trinajstić information content (AvgIpc) is 2.48. The molecule has 0 aromatic carbocycles. The summed E-state index contributed by atoms with van der Waals surface area (Å²) in [7, 11) is 3.23. The van der Waals surface area contributed by atoms with Crippen molar-refractivity contribution in [2.45, 2.75) is 58.3 Å². The Morgan fingerprint density at radius 3 is 2.15 bits per heavy atom. The van der Waals surface area contributed by atoms with Crippen molar-refractivity contribution in [1.29, 1.82) is 0 Å². The highest BCUT2D eigenvalue weighted by Gasteiger charge is 1.99. The van der Waals surface area contributed by atoms with Gasteiger partial charge >= 0.3 is 5.97 Å². The summed E-state index contributed by atoms with van der Waals surface area (Å²) >= 11 is 0. The fraction of sp³-hybridized carbons (Fsp3) is 0.867. The molecule has 0 fully saturated rings. The van der Waals surface area contributed by atoms with Crippen LogP contribution in [0, 0.1) is 0 Å². The molecule has 0 atom stereocenters. The van der Waals surface area contributed by atoms with E-state index in [2.05, 4.69) is 27.3 Å². The Morgan fingerprint density at radius 1 is 1.00 bits per heavy atom. The monoisotopic (exact) mass is 285 g/mol. The number of esters is 1. The summed E-state index contributed by atoms with van der Waals surface area (Å²) in [6.07, 6.45) is 8.41. The standard InChI is InChI=1S/C15H31N3O2/c1-4-5-9-12-17-15(16-2)18-13-10-7-6-8-11-14(19)20-3/h4-13H2,1-3H3,(H2,16,17,18). The molecule has 2 N–H and O–H groups in total. The molecule has 20 heavy (non-hydrogen) atoms. The van der Waals surface area contributed by atoms with Crippen molar-refractivity contribution in [2.24, 2.45) is 4.99 Å². The van der Waals surface area contributed by atoms with E-state index in [4.69, 9.17) is 0 Å². The van der Waals surface area contributed by atoms with E-state index in [0.29, 0.717) is 6.42 Å². The van der Waals surface area contributed by atoms with Crippen LogP contribution in [0.2, 0.25) is 0 Å². The van der Waals surface area contributed by atoms with Gasteiger partial charge in [0.25, 0.3) is 0 Å². The van der Waals surface area contributed by atoms with Gasteiger partial charge in [0.05, 0.1) is 7.11 Å². The number of aliphatic imine (C=N–C) groups is 1. The van der Waals surface area contributed by atoms with Gasteiger partial charge in [0.2, 0.25) is 0 Å². The Morgan fingerprint density at radius 2 is 1.60 bits per heavy atom. The highest BCUT2D eigenvalue weighted by Crippen LogP contribution is 2.03. The van der Waals surface area contributed by atoms with E-state index in [1.807, 2.05) is 0 Å². The lowest BCUT2D eigenvalue weighted by Gasteiger charge is -2.11. The summed E-state index contributed by atoms with van der Waals surface area (Å²) < 4.78 is 4.60. The molecule has 0 aliphatic heterocycles. The molecule has 0 aliphatic carbocycles. The second-order valence-electron chi connectivity index (χ2n) is 4.87. The third kappa shape index (κ3) is 11.8. The Hall–Kier alpha value is -1.26. The van der Waals surface area contributed by atoms with Gasteiger partial charge in [0, 0.05) is 26.6 Å². The zero-order chi connectivity index (χ0) is 15.1. The first-order valence-corrected chi connectivity index (χ1v) is 7.76. The van der Waals surface area contributed by atoms with Crippen molar-refractivity contribution in [3.63, 3.8) is 0 Å². The van der Waals surface area contributed by atoms with Gasteiger partial charge in [0.15, 0.2) is 5.96 Å². The number of guanidine groups is 1. The second kappa shape index (κ2) is 14.2. The zero-order valence-electron chi connectivity index (χ0n) is 13.3. The van der Waals surface area contributed by atoms with Gasteiger partial charge in [-0.3, -0.25) is 9.79 Å². The van der Waals surface area contributed by atoms with Crippen LogP contribution in [0.15, 0.2) is 4.99 Å². The molecule has 0 aromatic heterocycles. The lowest BCUT2D eigenvalue weighted by Crippen LogP contribution is -2.38. The number of nitrogens with zero attached hydrogens (tertiary/aromatic N) is 1. The van der Waals surface area contributed by atoms with Crippen LogP contribution in [0.1, 0.15) is 58.3 Å². The summed E-state index contributed by atoms with van der Waals surface area (Å²) in [5.41, 5.74) is 0. The molecule has 0 radical (unpaired) electrons. The fourth-order valence-electron chi connectivity index (χ4n) is 1.86. The Labute approximate surface area is 123 Å². The molecule has 0 spiro atoms. The van der Waals surface area contributed by atoms with E-state index in [1.54, 1.807) is 7.05 Å². The lowest BCUT2D eigenvalue weighted by molar-refractivity contribution is -0.140. The number of nitrogens with one attached hydrogen (secondary N) is 2. The first kappa shape index (κ1) is 18.7. The Balaban J connectivity index is 3.40. The SMILES string of the molecule is CCCCCNC(=NC)NCCCCCCC(=O)OC. The third-order valence-electron chi connectivity index (χ3n) is 3.12. The van der Waals surface area contributed by atoms with E-state index in [1.165, 1.54) is 26.4 Å². The summed E-state index contributed by atoms with van der Waals surface area (Å²) in [5.74, 6) is 0.774. The van der Waals surface area contributed by atoms with Gasteiger partial charge in [-0.25, -0.2) is 0 Å². The van der Waals surface area contributed by atoms with E-state index >= 15 is 0 Å². The van der Waals surface area contributed by atoms with Gasteiger partial charge in [-0.15, -0.1) is 0 Å². The minimum atomic E-state index is -0.111. The molecule has 0 saturated carbocycles. The predicted molar refractivity (Wildman–Crippen MR) is 84.0 cm³/mol. The lowest BCUT2D eigenvalue weighted by atomic mass is 10.1. The number of carbonyl (C=O) groups is 1. The quantitative estimate of drug-likeness (QED) is 0.265. The fourth-order valence-corrected chi connectivity index (χ4v) is 1.86. The van der Waals surface area contributed by atoms with Crippen molar-refractivity contribution < 1.29 is 9.53 Å². The highest BCUT2D eigenvalue weighted by atomic mass is 16.5. The smallest absolute Gasteiger partial charge is 0.305 e. The molecule has 0 heterocycles. The summed E-state index contributed by atoms with van der Waals surface area (Å²) in [5, 5.41) is 6.61. The average molecular weight is 285 g/mol. The van der Waals surface area contributed by atoms with E-state index in [0.717, 1.165) is 44.7 Å². The molecule has 0 aliphatic rings. The molecular weight excluding hydrogens is 254 g/mol. The van der Waals surface area contributed by atoms with Crippen molar-refractivity contribution in [1.82, 2.24) is 10.6 Å². The molecule has 5 heteroatoms. The van der Waals surface area contributed by atoms with Crippen LogP contribution in [0.25, 0.3) is 0 Å². The summed E-state index contributed by atoms with van der Waals surface area (Å²) in [4.78, 5) is 15.1.